The summed E-state index contributed by atoms with van der Waals surface area (Å²) in [6, 6.07) is 3.66. The first kappa shape index (κ1) is 15.2. The van der Waals surface area contributed by atoms with Gasteiger partial charge in [0.15, 0.2) is 5.82 Å². The lowest BCUT2D eigenvalue weighted by Gasteiger charge is -2.29. The number of nitro groups is 1. The molecule has 0 amide bonds. The van der Waals surface area contributed by atoms with E-state index in [1.54, 1.807) is 19.3 Å². The van der Waals surface area contributed by atoms with Gasteiger partial charge in [-0.3, -0.25) is 10.1 Å². The van der Waals surface area contributed by atoms with Crippen LogP contribution < -0.4 is 5.32 Å². The smallest absolute Gasteiger partial charge is 0.274 e. The van der Waals surface area contributed by atoms with Crippen LogP contribution in [0.15, 0.2) is 30.4 Å². The molecule has 1 rings (SSSR count). The van der Waals surface area contributed by atoms with Crippen molar-refractivity contribution < 1.29 is 4.92 Å². The van der Waals surface area contributed by atoms with Crippen molar-refractivity contribution in [1.82, 2.24) is 15.2 Å². The molecule has 0 bridgehead atoms. The Balaban J connectivity index is 2.94. The van der Waals surface area contributed by atoms with Gasteiger partial charge in [0, 0.05) is 25.8 Å². The third-order valence-electron chi connectivity index (χ3n) is 2.56. The number of nitrogens with zero attached hydrogens (tertiary/aromatic N) is 3. The van der Waals surface area contributed by atoms with E-state index in [9.17, 15) is 10.1 Å². The van der Waals surface area contributed by atoms with E-state index in [1.807, 2.05) is 24.8 Å². The second-order valence-corrected chi connectivity index (χ2v) is 4.65. The Bertz CT molecular complexity index is 459. The summed E-state index contributed by atoms with van der Waals surface area (Å²) in [5, 5.41) is 13.9. The Morgan fingerprint density at radius 3 is 2.74 bits per heavy atom. The predicted molar refractivity (Wildman–Crippen MR) is 74.1 cm³/mol. The summed E-state index contributed by atoms with van der Waals surface area (Å²) < 4.78 is 0. The van der Waals surface area contributed by atoms with Crippen molar-refractivity contribution in [3.8, 4) is 0 Å². The molecule has 1 aromatic heterocycles. The van der Waals surface area contributed by atoms with E-state index in [0.717, 1.165) is 11.8 Å². The molecule has 104 valence electrons. The third-order valence-corrected chi connectivity index (χ3v) is 2.78. The summed E-state index contributed by atoms with van der Waals surface area (Å²) in [5.41, 5.74) is 0.933. The van der Waals surface area contributed by atoms with Gasteiger partial charge in [-0.1, -0.05) is 17.7 Å². The number of rotatable bonds is 6. The Morgan fingerprint density at radius 2 is 2.32 bits per heavy atom. The maximum Gasteiger partial charge on any atom is 0.274 e. The minimum Gasteiger partial charge on any atom is -0.370 e. The second-order valence-electron chi connectivity index (χ2n) is 4.26. The van der Waals surface area contributed by atoms with Gasteiger partial charge < -0.3 is 10.2 Å². The van der Waals surface area contributed by atoms with Gasteiger partial charge in [0.1, 0.15) is 5.15 Å². The van der Waals surface area contributed by atoms with E-state index in [0.29, 0.717) is 17.5 Å². The maximum atomic E-state index is 10.6. The van der Waals surface area contributed by atoms with Crippen LogP contribution in [-0.4, -0.2) is 27.9 Å². The molecule has 0 aliphatic heterocycles. The van der Waals surface area contributed by atoms with Crippen LogP contribution in [0.1, 0.15) is 19.4 Å². The topological polar surface area (TPSA) is 71.3 Å². The Morgan fingerprint density at radius 1 is 1.63 bits per heavy atom. The molecular formula is C12H17ClN4O2. The van der Waals surface area contributed by atoms with Crippen LogP contribution in [-0.2, 0) is 6.54 Å². The Kier molecular flexibility index (Phi) is 5.57. The standard InChI is InChI=1S/C12H17ClN4O2/c1-9(2)16(12(14-3)8-17(18)19)7-10-4-5-11(13)15-6-10/h4-6,8-9,14H,7H2,1-3H3. The number of hydrogen-bond acceptors (Lipinski definition) is 5. The van der Waals surface area contributed by atoms with Crippen LogP contribution in [0.25, 0.3) is 0 Å². The molecule has 0 aliphatic carbocycles. The molecule has 0 unspecified atom stereocenters. The summed E-state index contributed by atoms with van der Waals surface area (Å²) in [5.74, 6) is 0.454. The van der Waals surface area contributed by atoms with Crippen molar-refractivity contribution in [3.05, 3.63) is 51.2 Å². The highest BCUT2D eigenvalue weighted by atomic mass is 35.5. The van der Waals surface area contributed by atoms with Crippen molar-refractivity contribution in [3.63, 3.8) is 0 Å². The number of pyridine rings is 1. The van der Waals surface area contributed by atoms with E-state index >= 15 is 0 Å². The largest absolute Gasteiger partial charge is 0.370 e. The molecule has 0 saturated heterocycles. The number of aromatic nitrogens is 1. The molecule has 0 radical (unpaired) electrons. The molecule has 0 aliphatic rings. The van der Waals surface area contributed by atoms with E-state index < -0.39 is 4.92 Å². The molecular weight excluding hydrogens is 268 g/mol. The molecule has 1 heterocycles. The zero-order chi connectivity index (χ0) is 14.4. The highest BCUT2D eigenvalue weighted by Gasteiger charge is 2.16. The van der Waals surface area contributed by atoms with Gasteiger partial charge >= 0.3 is 0 Å². The van der Waals surface area contributed by atoms with E-state index in [4.69, 9.17) is 11.6 Å². The zero-order valence-electron chi connectivity index (χ0n) is 11.1. The molecule has 0 atom stereocenters. The molecule has 7 heteroatoms. The normalized spacial score (nSPS) is 11.5. The molecule has 19 heavy (non-hydrogen) atoms. The summed E-state index contributed by atoms with van der Waals surface area (Å²) in [4.78, 5) is 16.0. The van der Waals surface area contributed by atoms with E-state index in [-0.39, 0.29) is 6.04 Å². The van der Waals surface area contributed by atoms with Crippen LogP contribution >= 0.6 is 11.6 Å². The lowest BCUT2D eigenvalue weighted by atomic mass is 10.2. The summed E-state index contributed by atoms with van der Waals surface area (Å²) in [6.07, 6.45) is 2.63. The van der Waals surface area contributed by atoms with Crippen molar-refractivity contribution in [1.29, 1.82) is 0 Å². The van der Waals surface area contributed by atoms with Crippen LogP contribution in [0, 0.1) is 10.1 Å². The van der Waals surface area contributed by atoms with Crippen LogP contribution in [0.3, 0.4) is 0 Å². The predicted octanol–water partition coefficient (Wildman–Crippen LogP) is 2.24. The van der Waals surface area contributed by atoms with Gasteiger partial charge in [-0.2, -0.15) is 0 Å². The zero-order valence-corrected chi connectivity index (χ0v) is 11.9. The summed E-state index contributed by atoms with van der Waals surface area (Å²) in [7, 11) is 1.66. The second kappa shape index (κ2) is 6.94. The minimum absolute atomic E-state index is 0.106. The highest BCUT2D eigenvalue weighted by molar-refractivity contribution is 6.29. The Hall–Kier alpha value is -1.82. The van der Waals surface area contributed by atoms with Crippen molar-refractivity contribution in [2.75, 3.05) is 7.05 Å². The van der Waals surface area contributed by atoms with Gasteiger partial charge in [-0.25, -0.2) is 4.98 Å². The van der Waals surface area contributed by atoms with Crippen LogP contribution in [0.2, 0.25) is 5.15 Å². The fourth-order valence-electron chi connectivity index (χ4n) is 1.62. The SMILES string of the molecule is CNC(=C[N+](=O)[O-])N(Cc1ccc(Cl)nc1)C(C)C. The first-order chi connectivity index (χ1) is 8.93. The van der Waals surface area contributed by atoms with Crippen molar-refractivity contribution in [2.24, 2.45) is 0 Å². The van der Waals surface area contributed by atoms with E-state index in [2.05, 4.69) is 10.3 Å². The molecule has 0 saturated carbocycles. The van der Waals surface area contributed by atoms with Crippen molar-refractivity contribution in [2.45, 2.75) is 26.4 Å². The van der Waals surface area contributed by atoms with Gasteiger partial charge in [0.25, 0.3) is 6.20 Å². The van der Waals surface area contributed by atoms with Gasteiger partial charge in [0.05, 0.1) is 4.92 Å². The maximum absolute atomic E-state index is 10.6. The highest BCUT2D eigenvalue weighted by Crippen LogP contribution is 2.14. The molecule has 0 spiro atoms. The van der Waals surface area contributed by atoms with Crippen molar-refractivity contribution >= 4 is 11.6 Å². The third kappa shape index (κ3) is 4.75. The quantitative estimate of drug-likeness (QED) is 0.493. The average molecular weight is 285 g/mol. The van der Waals surface area contributed by atoms with Gasteiger partial charge in [-0.15, -0.1) is 0 Å². The number of hydrogen-bond donors (Lipinski definition) is 1. The summed E-state index contributed by atoms with van der Waals surface area (Å²) in [6.45, 7) is 4.45. The monoisotopic (exact) mass is 284 g/mol. The molecule has 0 fully saturated rings. The Labute approximate surface area is 117 Å². The summed E-state index contributed by atoms with van der Waals surface area (Å²) >= 11 is 5.73. The molecule has 1 aromatic rings. The number of nitrogens with one attached hydrogen (secondary N) is 1. The lowest BCUT2D eigenvalue weighted by molar-refractivity contribution is -0.404. The van der Waals surface area contributed by atoms with Crippen LogP contribution in [0.5, 0.6) is 0 Å². The fraction of sp³-hybridized carbons (Fsp3) is 0.417. The average Bonchev–Trinajstić information content (AvgIpc) is 2.35. The number of halogens is 1. The fourth-order valence-corrected chi connectivity index (χ4v) is 1.74. The molecule has 6 nitrogen and oxygen atoms in total. The van der Waals surface area contributed by atoms with E-state index in [1.165, 1.54) is 0 Å². The first-order valence-electron chi connectivity index (χ1n) is 5.84. The minimum atomic E-state index is -0.471. The van der Waals surface area contributed by atoms with Gasteiger partial charge in [-0.05, 0) is 25.5 Å². The lowest BCUT2D eigenvalue weighted by Crippen LogP contribution is -2.35. The van der Waals surface area contributed by atoms with Gasteiger partial charge in [0.2, 0.25) is 0 Å². The van der Waals surface area contributed by atoms with Crippen LogP contribution in [0.4, 0.5) is 0 Å². The molecule has 1 N–H and O–H groups in total. The first-order valence-corrected chi connectivity index (χ1v) is 6.22. The molecule has 0 aromatic carbocycles.